The van der Waals surface area contributed by atoms with E-state index in [-0.39, 0.29) is 23.0 Å². The highest BCUT2D eigenvalue weighted by atomic mass is 35.7. The van der Waals surface area contributed by atoms with Crippen LogP contribution in [0.3, 0.4) is 0 Å². The summed E-state index contributed by atoms with van der Waals surface area (Å²) in [7, 11) is 2.95. The number of carbonyl (C=O) groups is 1. The molecule has 0 atom stereocenters. The molecule has 1 N–H and O–H groups in total. The van der Waals surface area contributed by atoms with Crippen LogP contribution in [-0.2, 0) is 20.4 Å². The molecule has 0 spiro atoms. The number of halogens is 1. The molecule has 0 aliphatic carbocycles. The number of amides is 1. The summed E-state index contributed by atoms with van der Waals surface area (Å²) < 4.78 is 27.9. The summed E-state index contributed by atoms with van der Waals surface area (Å²) in [6.45, 7) is 2.84. The van der Waals surface area contributed by atoms with Crippen LogP contribution < -0.4 is 5.32 Å². The topological polar surface area (TPSA) is 72.5 Å². The first-order valence-corrected chi connectivity index (χ1v) is 9.05. The van der Waals surface area contributed by atoms with Gasteiger partial charge in [-0.15, -0.1) is 0 Å². The second-order valence-electron chi connectivity index (χ2n) is 4.70. The summed E-state index contributed by atoms with van der Waals surface area (Å²) in [6, 6.07) is 4.28. The molecule has 1 rings (SSSR count). The van der Waals surface area contributed by atoms with Gasteiger partial charge in [-0.05, 0) is 30.2 Å². The molecule has 0 radical (unpaired) electrons. The van der Waals surface area contributed by atoms with Gasteiger partial charge in [-0.3, -0.25) is 4.79 Å². The predicted octanol–water partition coefficient (Wildman–Crippen LogP) is 2.68. The Morgan fingerprint density at radius 3 is 2.57 bits per heavy atom. The molecule has 0 fully saturated rings. The molecule has 1 aromatic carbocycles. The Bertz CT molecular complexity index is 587. The molecule has 0 saturated carbocycles. The third-order valence-electron chi connectivity index (χ3n) is 2.89. The highest BCUT2D eigenvalue weighted by Gasteiger charge is 2.15. The first-order valence-electron chi connectivity index (χ1n) is 6.74. The smallest absolute Gasteiger partial charge is 0.261 e. The highest BCUT2D eigenvalue weighted by Crippen LogP contribution is 2.19. The quantitative estimate of drug-likeness (QED) is 0.586. The van der Waals surface area contributed by atoms with E-state index in [2.05, 4.69) is 12.2 Å². The molecule has 5 nitrogen and oxygen atoms in total. The SMILES string of the molecule is CCCCCNC(=O)c1cc(COC)cc(S(=O)(=O)Cl)c1. The van der Waals surface area contributed by atoms with Crippen molar-refractivity contribution in [1.82, 2.24) is 5.32 Å². The van der Waals surface area contributed by atoms with Crippen molar-refractivity contribution in [2.75, 3.05) is 13.7 Å². The molecule has 118 valence electrons. The van der Waals surface area contributed by atoms with E-state index in [1.54, 1.807) is 6.07 Å². The summed E-state index contributed by atoms with van der Waals surface area (Å²) in [5.41, 5.74) is 0.846. The van der Waals surface area contributed by atoms with E-state index < -0.39 is 9.05 Å². The third-order valence-corrected chi connectivity index (χ3v) is 4.22. The van der Waals surface area contributed by atoms with Gasteiger partial charge in [-0.2, -0.15) is 0 Å². The van der Waals surface area contributed by atoms with E-state index in [0.29, 0.717) is 12.1 Å². The Labute approximate surface area is 130 Å². The fourth-order valence-corrected chi connectivity index (χ4v) is 2.69. The molecular formula is C14H20ClNO4S. The van der Waals surface area contributed by atoms with Crippen molar-refractivity contribution in [1.29, 1.82) is 0 Å². The minimum atomic E-state index is -3.89. The van der Waals surface area contributed by atoms with Crippen molar-refractivity contribution in [2.24, 2.45) is 0 Å². The second kappa shape index (κ2) is 8.36. The van der Waals surface area contributed by atoms with Gasteiger partial charge in [0.2, 0.25) is 0 Å². The maximum atomic E-state index is 12.1. The van der Waals surface area contributed by atoms with Crippen molar-refractivity contribution < 1.29 is 17.9 Å². The normalized spacial score (nSPS) is 11.4. The molecule has 7 heteroatoms. The summed E-state index contributed by atoms with van der Waals surface area (Å²) in [4.78, 5) is 12.0. The molecule has 0 bridgehead atoms. The molecular weight excluding hydrogens is 314 g/mol. The first-order chi connectivity index (χ1) is 9.88. The summed E-state index contributed by atoms with van der Waals surface area (Å²) >= 11 is 0. The van der Waals surface area contributed by atoms with E-state index in [1.165, 1.54) is 19.2 Å². The van der Waals surface area contributed by atoms with E-state index in [1.807, 2.05) is 0 Å². The second-order valence-corrected chi connectivity index (χ2v) is 7.27. The number of ether oxygens (including phenoxy) is 1. The first kappa shape index (κ1) is 17.9. The van der Waals surface area contributed by atoms with Crippen molar-refractivity contribution in [2.45, 2.75) is 37.7 Å². The molecule has 0 aromatic heterocycles. The number of methoxy groups -OCH3 is 1. The van der Waals surface area contributed by atoms with Crippen LogP contribution in [0.1, 0.15) is 42.1 Å². The third kappa shape index (κ3) is 6.03. The van der Waals surface area contributed by atoms with Gasteiger partial charge in [0.25, 0.3) is 15.0 Å². The summed E-state index contributed by atoms with van der Waals surface area (Å²) in [6.07, 6.45) is 2.99. The van der Waals surface area contributed by atoms with Crippen LogP contribution in [0.25, 0.3) is 0 Å². The van der Waals surface area contributed by atoms with Crippen LogP contribution in [0, 0.1) is 0 Å². The van der Waals surface area contributed by atoms with Gasteiger partial charge < -0.3 is 10.1 Å². The number of unbranched alkanes of at least 4 members (excludes halogenated alkanes) is 2. The maximum Gasteiger partial charge on any atom is 0.261 e. The molecule has 0 unspecified atom stereocenters. The van der Waals surface area contributed by atoms with Gasteiger partial charge in [-0.1, -0.05) is 19.8 Å². The van der Waals surface area contributed by atoms with E-state index in [4.69, 9.17) is 15.4 Å². The van der Waals surface area contributed by atoms with Crippen molar-refractivity contribution in [3.63, 3.8) is 0 Å². The van der Waals surface area contributed by atoms with Gasteiger partial charge >= 0.3 is 0 Å². The molecule has 0 heterocycles. The Kier molecular flexibility index (Phi) is 7.14. The van der Waals surface area contributed by atoms with Crippen LogP contribution in [0.4, 0.5) is 0 Å². The Morgan fingerprint density at radius 2 is 2.00 bits per heavy atom. The maximum absolute atomic E-state index is 12.1. The molecule has 0 aliphatic rings. The fraction of sp³-hybridized carbons (Fsp3) is 0.500. The minimum Gasteiger partial charge on any atom is -0.380 e. The van der Waals surface area contributed by atoms with Crippen LogP contribution in [0.2, 0.25) is 0 Å². The average molecular weight is 334 g/mol. The van der Waals surface area contributed by atoms with Crippen LogP contribution >= 0.6 is 10.7 Å². The molecule has 1 aromatic rings. The number of rotatable bonds is 8. The molecule has 1 amide bonds. The number of hydrogen-bond acceptors (Lipinski definition) is 4. The number of nitrogens with one attached hydrogen (secondary N) is 1. The molecule has 0 saturated heterocycles. The lowest BCUT2D eigenvalue weighted by molar-refractivity contribution is 0.0952. The van der Waals surface area contributed by atoms with Crippen molar-refractivity contribution >= 4 is 25.6 Å². The zero-order chi connectivity index (χ0) is 15.9. The van der Waals surface area contributed by atoms with Gasteiger partial charge in [0.15, 0.2) is 0 Å². The monoisotopic (exact) mass is 333 g/mol. The zero-order valence-corrected chi connectivity index (χ0v) is 13.8. The van der Waals surface area contributed by atoms with Crippen LogP contribution in [0.5, 0.6) is 0 Å². The number of hydrogen-bond donors (Lipinski definition) is 1. The predicted molar refractivity (Wildman–Crippen MR) is 82.1 cm³/mol. The lowest BCUT2D eigenvalue weighted by Gasteiger charge is -2.09. The average Bonchev–Trinajstić information content (AvgIpc) is 2.42. The van der Waals surface area contributed by atoms with Crippen molar-refractivity contribution in [3.05, 3.63) is 29.3 Å². The largest absolute Gasteiger partial charge is 0.380 e. The lowest BCUT2D eigenvalue weighted by Crippen LogP contribution is -2.24. The number of benzene rings is 1. The van der Waals surface area contributed by atoms with Gasteiger partial charge in [-0.25, -0.2) is 8.42 Å². The minimum absolute atomic E-state index is 0.0996. The van der Waals surface area contributed by atoms with E-state index in [9.17, 15) is 13.2 Å². The Balaban J connectivity index is 2.94. The molecule has 0 aliphatic heterocycles. The van der Waals surface area contributed by atoms with Crippen LogP contribution in [0.15, 0.2) is 23.1 Å². The van der Waals surface area contributed by atoms with Crippen molar-refractivity contribution in [3.8, 4) is 0 Å². The van der Waals surface area contributed by atoms with E-state index >= 15 is 0 Å². The lowest BCUT2D eigenvalue weighted by atomic mass is 10.1. The van der Waals surface area contributed by atoms with Gasteiger partial charge in [0.05, 0.1) is 11.5 Å². The molecule has 21 heavy (non-hydrogen) atoms. The fourth-order valence-electron chi connectivity index (χ4n) is 1.86. The van der Waals surface area contributed by atoms with Gasteiger partial charge in [0.1, 0.15) is 0 Å². The van der Waals surface area contributed by atoms with Gasteiger partial charge in [0, 0.05) is 29.9 Å². The standard InChI is InChI=1S/C14H20ClNO4S/c1-3-4-5-6-16-14(17)12-7-11(10-20-2)8-13(9-12)21(15,18)19/h7-9H,3-6,10H2,1-2H3,(H,16,17). The highest BCUT2D eigenvalue weighted by molar-refractivity contribution is 8.13. The number of carbonyl (C=O) groups excluding carboxylic acids is 1. The Hall–Kier alpha value is -1.11. The summed E-state index contributed by atoms with van der Waals surface area (Å²) in [5, 5.41) is 2.76. The summed E-state index contributed by atoms with van der Waals surface area (Å²) in [5.74, 6) is -0.314. The zero-order valence-electron chi connectivity index (χ0n) is 12.2. The Morgan fingerprint density at radius 1 is 1.29 bits per heavy atom. The van der Waals surface area contributed by atoms with E-state index in [0.717, 1.165) is 19.3 Å². The van der Waals surface area contributed by atoms with Crippen LogP contribution in [-0.4, -0.2) is 28.0 Å².